The molecule has 0 atom stereocenters. The van der Waals surface area contributed by atoms with E-state index in [4.69, 9.17) is 4.74 Å². The Bertz CT molecular complexity index is 1490. The molecule has 1 aliphatic rings. The van der Waals surface area contributed by atoms with Crippen LogP contribution in [0.4, 0.5) is 26.3 Å². The molecule has 0 spiro atoms. The highest BCUT2D eigenvalue weighted by Gasteiger charge is 2.41. The molecule has 0 aliphatic heterocycles. The van der Waals surface area contributed by atoms with E-state index < -0.39 is 40.7 Å². The lowest BCUT2D eigenvalue weighted by atomic mass is 9.82. The predicted octanol–water partition coefficient (Wildman–Crippen LogP) is 10.2. The van der Waals surface area contributed by atoms with Crippen molar-refractivity contribution in [1.29, 1.82) is 0 Å². The van der Waals surface area contributed by atoms with E-state index in [-0.39, 0.29) is 11.1 Å². The number of benzene rings is 4. The molecule has 0 aromatic heterocycles. The minimum atomic E-state index is -4.40. The maximum absolute atomic E-state index is 15.2. The summed E-state index contributed by atoms with van der Waals surface area (Å²) in [4.78, 5) is 0. The van der Waals surface area contributed by atoms with Crippen LogP contribution in [0.25, 0.3) is 22.3 Å². The highest BCUT2D eigenvalue weighted by Crippen LogP contribution is 2.39. The number of hydrogen-bond acceptors (Lipinski definition) is 2. The fraction of sp³-hybridized carbons (Fsp3) is 0.294. The molecule has 0 N–H and O–H groups in total. The normalized spacial score (nSPS) is 17.3. The van der Waals surface area contributed by atoms with Crippen LogP contribution >= 0.6 is 0 Å². The molecule has 5 rings (SSSR count). The van der Waals surface area contributed by atoms with Crippen molar-refractivity contribution in [3.05, 3.63) is 113 Å². The first-order valence-corrected chi connectivity index (χ1v) is 14.0. The van der Waals surface area contributed by atoms with Crippen LogP contribution in [0.2, 0.25) is 0 Å². The van der Waals surface area contributed by atoms with Crippen molar-refractivity contribution in [3.63, 3.8) is 0 Å². The second kappa shape index (κ2) is 12.6. The zero-order chi connectivity index (χ0) is 29.9. The summed E-state index contributed by atoms with van der Waals surface area (Å²) in [6.07, 6.45) is 1.09. The minimum Gasteiger partial charge on any atom is -0.429 e. The van der Waals surface area contributed by atoms with Crippen molar-refractivity contribution in [2.75, 3.05) is 6.61 Å². The summed E-state index contributed by atoms with van der Waals surface area (Å²) in [7, 11) is 0. The number of halogens is 6. The van der Waals surface area contributed by atoms with E-state index >= 15 is 4.39 Å². The molecule has 8 heteroatoms. The Morgan fingerprint density at radius 3 is 1.88 bits per heavy atom. The summed E-state index contributed by atoms with van der Waals surface area (Å²) in [5.74, 6) is -4.71. The van der Waals surface area contributed by atoms with E-state index in [0.717, 1.165) is 68.5 Å². The molecule has 0 heterocycles. The molecule has 0 saturated heterocycles. The van der Waals surface area contributed by atoms with Crippen LogP contribution in [0, 0.1) is 23.3 Å². The summed E-state index contributed by atoms with van der Waals surface area (Å²) in [5, 5.41) is 0. The third kappa shape index (κ3) is 6.65. The number of ether oxygens (including phenoxy) is 2. The Morgan fingerprint density at radius 2 is 1.29 bits per heavy atom. The van der Waals surface area contributed by atoms with Gasteiger partial charge in [-0.1, -0.05) is 43.3 Å². The molecule has 1 fully saturated rings. The summed E-state index contributed by atoms with van der Waals surface area (Å²) in [6, 6.07) is 17.0. The van der Waals surface area contributed by atoms with Gasteiger partial charge in [0.15, 0.2) is 0 Å². The fourth-order valence-corrected chi connectivity index (χ4v) is 5.43. The van der Waals surface area contributed by atoms with Crippen LogP contribution in [0.1, 0.15) is 56.1 Å². The largest absolute Gasteiger partial charge is 0.432 e. The van der Waals surface area contributed by atoms with Gasteiger partial charge in [0.2, 0.25) is 0 Å². The standard InChI is InChI=1S/C34H30F6O2/c1-2-17-41-27-12-7-22(8-13-27)21-3-5-23(6-4-21)24-9-16-29(30(36)18-24)25-19-31(37)33(32(38)20-25)34(39,40)42-28-14-10-26(35)11-15-28/h3-6,9-11,14-16,18-20,22,27H,2,7-8,12-13,17H2,1H3. The second-order valence-corrected chi connectivity index (χ2v) is 10.5. The lowest BCUT2D eigenvalue weighted by Gasteiger charge is -2.29. The van der Waals surface area contributed by atoms with Gasteiger partial charge >= 0.3 is 6.11 Å². The van der Waals surface area contributed by atoms with Gasteiger partial charge in [0.25, 0.3) is 0 Å². The van der Waals surface area contributed by atoms with Crippen molar-refractivity contribution in [1.82, 2.24) is 0 Å². The number of alkyl halides is 2. The molecule has 1 aliphatic carbocycles. The minimum absolute atomic E-state index is 0.149. The third-order valence-electron chi connectivity index (χ3n) is 7.62. The highest BCUT2D eigenvalue weighted by molar-refractivity contribution is 5.71. The van der Waals surface area contributed by atoms with Gasteiger partial charge < -0.3 is 9.47 Å². The van der Waals surface area contributed by atoms with Crippen molar-refractivity contribution in [3.8, 4) is 28.0 Å². The summed E-state index contributed by atoms with van der Waals surface area (Å²) < 4.78 is 97.5. The SMILES string of the molecule is CCCOC1CCC(c2ccc(-c3ccc(-c4cc(F)c(C(F)(F)Oc5ccc(F)cc5)c(F)c4)c(F)c3)cc2)CC1. The van der Waals surface area contributed by atoms with Gasteiger partial charge in [-0.15, -0.1) is 0 Å². The predicted molar refractivity (Wildman–Crippen MR) is 149 cm³/mol. The third-order valence-corrected chi connectivity index (χ3v) is 7.62. The molecule has 42 heavy (non-hydrogen) atoms. The Labute approximate surface area is 240 Å². The Balaban J connectivity index is 1.31. The summed E-state index contributed by atoms with van der Waals surface area (Å²) >= 11 is 0. The van der Waals surface area contributed by atoms with Crippen LogP contribution in [-0.2, 0) is 10.8 Å². The molecule has 0 radical (unpaired) electrons. The lowest BCUT2D eigenvalue weighted by molar-refractivity contribution is -0.189. The Kier molecular flexibility index (Phi) is 8.92. The van der Waals surface area contributed by atoms with Crippen LogP contribution in [0.5, 0.6) is 5.75 Å². The smallest absolute Gasteiger partial charge is 0.429 e. The average molecular weight is 585 g/mol. The van der Waals surface area contributed by atoms with Gasteiger partial charge in [-0.25, -0.2) is 17.6 Å². The van der Waals surface area contributed by atoms with Gasteiger partial charge in [0.05, 0.1) is 6.10 Å². The van der Waals surface area contributed by atoms with Gasteiger partial charge in [0.1, 0.15) is 34.6 Å². The maximum Gasteiger partial charge on any atom is 0.432 e. The summed E-state index contributed by atoms with van der Waals surface area (Å²) in [5.41, 5.74) is 0.533. The first-order chi connectivity index (χ1) is 20.1. The van der Waals surface area contributed by atoms with Crippen molar-refractivity contribution in [2.45, 2.75) is 57.2 Å². The zero-order valence-electron chi connectivity index (χ0n) is 23.0. The molecule has 0 amide bonds. The second-order valence-electron chi connectivity index (χ2n) is 10.5. The first-order valence-electron chi connectivity index (χ1n) is 14.0. The first kappa shape index (κ1) is 29.7. The number of rotatable bonds is 9. The molecular formula is C34H30F6O2. The fourth-order valence-electron chi connectivity index (χ4n) is 5.43. The molecule has 0 bridgehead atoms. The lowest BCUT2D eigenvalue weighted by Crippen LogP contribution is -2.25. The van der Waals surface area contributed by atoms with E-state index in [1.165, 1.54) is 17.7 Å². The Morgan fingerprint density at radius 1 is 0.690 bits per heavy atom. The topological polar surface area (TPSA) is 18.5 Å². The van der Waals surface area contributed by atoms with Crippen LogP contribution in [-0.4, -0.2) is 12.7 Å². The van der Waals surface area contributed by atoms with Crippen molar-refractivity contribution >= 4 is 0 Å². The van der Waals surface area contributed by atoms with Crippen LogP contribution < -0.4 is 4.74 Å². The monoisotopic (exact) mass is 584 g/mol. The van der Waals surface area contributed by atoms with Gasteiger partial charge in [-0.3, -0.25) is 0 Å². The quantitative estimate of drug-likeness (QED) is 0.182. The molecule has 4 aromatic rings. The molecule has 1 saturated carbocycles. The average Bonchev–Trinajstić information content (AvgIpc) is 2.97. The van der Waals surface area contributed by atoms with Gasteiger partial charge in [-0.2, -0.15) is 8.78 Å². The summed E-state index contributed by atoms with van der Waals surface area (Å²) in [6.45, 7) is 2.89. The molecule has 0 unspecified atom stereocenters. The van der Waals surface area contributed by atoms with Crippen molar-refractivity contribution < 1.29 is 35.8 Å². The molecule has 4 aromatic carbocycles. The van der Waals surface area contributed by atoms with Crippen LogP contribution in [0.3, 0.4) is 0 Å². The van der Waals surface area contributed by atoms with E-state index in [1.54, 1.807) is 6.07 Å². The van der Waals surface area contributed by atoms with Crippen LogP contribution in [0.15, 0.2) is 78.9 Å². The Hall–Kier alpha value is -3.78. The molecule has 2 nitrogen and oxygen atoms in total. The van der Waals surface area contributed by atoms with E-state index in [0.29, 0.717) is 29.7 Å². The molecular weight excluding hydrogens is 554 g/mol. The highest BCUT2D eigenvalue weighted by atomic mass is 19.3. The maximum atomic E-state index is 15.2. The van der Waals surface area contributed by atoms with Gasteiger partial charge in [-0.05, 0) is 103 Å². The number of hydrogen-bond donors (Lipinski definition) is 0. The van der Waals surface area contributed by atoms with Gasteiger partial charge in [0, 0.05) is 12.2 Å². The molecule has 220 valence electrons. The zero-order valence-corrected chi connectivity index (χ0v) is 23.0. The van der Waals surface area contributed by atoms with E-state index in [1.807, 2.05) is 24.3 Å². The van der Waals surface area contributed by atoms with Crippen molar-refractivity contribution in [2.24, 2.45) is 0 Å². The van der Waals surface area contributed by atoms with E-state index in [9.17, 15) is 22.0 Å². The van der Waals surface area contributed by atoms with E-state index in [2.05, 4.69) is 11.7 Å².